The summed E-state index contributed by atoms with van der Waals surface area (Å²) in [7, 11) is 1.66. The van der Waals surface area contributed by atoms with Gasteiger partial charge >= 0.3 is 0 Å². The van der Waals surface area contributed by atoms with Gasteiger partial charge in [-0.25, -0.2) is 0 Å². The average molecular weight is 312 g/mol. The van der Waals surface area contributed by atoms with E-state index >= 15 is 0 Å². The summed E-state index contributed by atoms with van der Waals surface area (Å²) in [5, 5.41) is 2.07. The van der Waals surface area contributed by atoms with Gasteiger partial charge in [0.2, 0.25) is 0 Å². The molecule has 4 heteroatoms. The quantitative estimate of drug-likeness (QED) is 0.933. The molecule has 0 aliphatic carbocycles. The van der Waals surface area contributed by atoms with Gasteiger partial charge in [0.05, 0.1) is 7.11 Å². The first kappa shape index (κ1) is 12.6. The maximum Gasteiger partial charge on any atom is 0.118 e. The molecule has 90 valence electrons. The second-order valence-electron chi connectivity index (χ2n) is 3.78. The van der Waals surface area contributed by atoms with E-state index < -0.39 is 0 Å². The van der Waals surface area contributed by atoms with E-state index in [1.807, 2.05) is 24.3 Å². The number of rotatable bonds is 4. The summed E-state index contributed by atoms with van der Waals surface area (Å²) >= 11 is 5.25. The second kappa shape index (κ2) is 5.67. The molecule has 1 aromatic heterocycles. The molecule has 2 aromatic rings. The Morgan fingerprint density at radius 1 is 1.29 bits per heavy atom. The number of hydrogen-bond donors (Lipinski definition) is 1. The van der Waals surface area contributed by atoms with Crippen molar-refractivity contribution < 1.29 is 4.74 Å². The number of thiophene rings is 1. The van der Waals surface area contributed by atoms with Crippen LogP contribution in [0.3, 0.4) is 0 Å². The van der Waals surface area contributed by atoms with Gasteiger partial charge in [0.1, 0.15) is 5.75 Å². The van der Waals surface area contributed by atoms with Crippen molar-refractivity contribution in [2.24, 2.45) is 5.73 Å². The first-order valence-electron chi connectivity index (χ1n) is 5.32. The predicted molar refractivity (Wildman–Crippen MR) is 75.6 cm³/mol. The molecule has 0 fully saturated rings. The summed E-state index contributed by atoms with van der Waals surface area (Å²) in [6, 6.07) is 10.0. The lowest BCUT2D eigenvalue weighted by Crippen LogP contribution is -2.12. The molecule has 2 N–H and O–H groups in total. The summed E-state index contributed by atoms with van der Waals surface area (Å²) in [5.74, 6) is 0.859. The highest BCUT2D eigenvalue weighted by molar-refractivity contribution is 9.10. The molecular weight excluding hydrogens is 298 g/mol. The van der Waals surface area contributed by atoms with Crippen molar-refractivity contribution in [2.45, 2.75) is 12.5 Å². The van der Waals surface area contributed by atoms with Gasteiger partial charge in [0, 0.05) is 21.8 Å². The third kappa shape index (κ3) is 3.09. The molecule has 2 rings (SSSR count). The summed E-state index contributed by atoms with van der Waals surface area (Å²) in [4.78, 5) is 1.29. The van der Waals surface area contributed by atoms with Crippen LogP contribution in [0.2, 0.25) is 0 Å². The highest BCUT2D eigenvalue weighted by Gasteiger charge is 2.10. The van der Waals surface area contributed by atoms with Crippen molar-refractivity contribution in [3.63, 3.8) is 0 Å². The first-order chi connectivity index (χ1) is 8.20. The summed E-state index contributed by atoms with van der Waals surface area (Å²) in [6.07, 6.45) is 0.852. The Bertz CT molecular complexity index is 480. The first-order valence-corrected chi connectivity index (χ1v) is 6.99. The molecule has 2 nitrogen and oxygen atoms in total. The highest BCUT2D eigenvalue weighted by Crippen LogP contribution is 2.27. The van der Waals surface area contributed by atoms with Gasteiger partial charge in [-0.15, -0.1) is 11.3 Å². The maximum atomic E-state index is 6.19. The topological polar surface area (TPSA) is 35.2 Å². The average Bonchev–Trinajstić information content (AvgIpc) is 2.75. The van der Waals surface area contributed by atoms with Crippen molar-refractivity contribution >= 4 is 27.3 Å². The predicted octanol–water partition coefficient (Wildman–Crippen LogP) is 3.76. The number of halogens is 1. The zero-order chi connectivity index (χ0) is 12.3. The second-order valence-corrected chi connectivity index (χ2v) is 5.63. The molecule has 1 atom stereocenters. The number of benzene rings is 1. The van der Waals surface area contributed by atoms with E-state index in [4.69, 9.17) is 10.5 Å². The molecule has 0 amide bonds. The molecule has 1 unspecified atom stereocenters. The van der Waals surface area contributed by atoms with Crippen LogP contribution in [0.4, 0.5) is 0 Å². The Kier molecular flexibility index (Phi) is 4.20. The fourth-order valence-corrected chi connectivity index (χ4v) is 3.21. The van der Waals surface area contributed by atoms with Gasteiger partial charge in [0.25, 0.3) is 0 Å². The van der Waals surface area contributed by atoms with Crippen molar-refractivity contribution in [1.29, 1.82) is 0 Å². The lowest BCUT2D eigenvalue weighted by atomic mass is 10.0. The van der Waals surface area contributed by atoms with Crippen LogP contribution in [-0.2, 0) is 6.42 Å². The molecule has 0 saturated heterocycles. The number of hydrogen-bond acceptors (Lipinski definition) is 3. The van der Waals surface area contributed by atoms with Gasteiger partial charge in [0.15, 0.2) is 0 Å². The van der Waals surface area contributed by atoms with E-state index in [2.05, 4.69) is 27.4 Å². The Labute approximate surface area is 114 Å². The zero-order valence-corrected chi connectivity index (χ0v) is 11.9. The van der Waals surface area contributed by atoms with E-state index in [9.17, 15) is 0 Å². The summed E-state index contributed by atoms with van der Waals surface area (Å²) in [5.41, 5.74) is 7.32. The molecule has 1 heterocycles. The van der Waals surface area contributed by atoms with Gasteiger partial charge in [-0.05, 0) is 45.1 Å². The third-order valence-electron chi connectivity index (χ3n) is 2.64. The van der Waals surface area contributed by atoms with E-state index in [1.54, 1.807) is 18.4 Å². The summed E-state index contributed by atoms with van der Waals surface area (Å²) in [6.45, 7) is 0. The van der Waals surface area contributed by atoms with Crippen LogP contribution in [-0.4, -0.2) is 7.11 Å². The Morgan fingerprint density at radius 2 is 2.00 bits per heavy atom. The van der Waals surface area contributed by atoms with Crippen molar-refractivity contribution in [3.8, 4) is 5.75 Å². The summed E-state index contributed by atoms with van der Waals surface area (Å²) < 4.78 is 6.27. The van der Waals surface area contributed by atoms with Gasteiger partial charge < -0.3 is 10.5 Å². The van der Waals surface area contributed by atoms with Crippen molar-refractivity contribution in [2.75, 3.05) is 7.11 Å². The number of methoxy groups -OCH3 is 1. The molecule has 0 spiro atoms. The highest BCUT2D eigenvalue weighted by atomic mass is 79.9. The van der Waals surface area contributed by atoms with Crippen LogP contribution in [0.15, 0.2) is 40.2 Å². The largest absolute Gasteiger partial charge is 0.497 e. The SMILES string of the molecule is COc1ccc(C(N)Cc2sccc2Br)cc1. The lowest BCUT2D eigenvalue weighted by molar-refractivity contribution is 0.414. The van der Waals surface area contributed by atoms with Gasteiger partial charge in [-0.2, -0.15) is 0 Å². The molecule has 1 aromatic carbocycles. The zero-order valence-electron chi connectivity index (χ0n) is 9.52. The van der Waals surface area contributed by atoms with Crippen LogP contribution in [0, 0.1) is 0 Å². The van der Waals surface area contributed by atoms with Crippen molar-refractivity contribution in [3.05, 3.63) is 50.6 Å². The molecule has 0 bridgehead atoms. The molecule has 0 aliphatic heterocycles. The molecular formula is C13H14BrNOS. The molecule has 0 saturated carbocycles. The van der Waals surface area contributed by atoms with Crippen molar-refractivity contribution in [1.82, 2.24) is 0 Å². The molecule has 0 aliphatic rings. The normalized spacial score (nSPS) is 12.4. The standard InChI is InChI=1S/C13H14BrNOS/c1-16-10-4-2-9(3-5-10)12(15)8-13-11(14)6-7-17-13/h2-7,12H,8,15H2,1H3. The fourth-order valence-electron chi connectivity index (χ4n) is 1.64. The van der Waals surface area contributed by atoms with Gasteiger partial charge in [-0.1, -0.05) is 12.1 Å². The minimum absolute atomic E-state index is 0.0239. The fraction of sp³-hybridized carbons (Fsp3) is 0.231. The van der Waals surface area contributed by atoms with Crippen LogP contribution >= 0.6 is 27.3 Å². The lowest BCUT2D eigenvalue weighted by Gasteiger charge is -2.12. The van der Waals surface area contributed by atoms with E-state index in [1.165, 1.54) is 4.88 Å². The molecule has 0 radical (unpaired) electrons. The van der Waals surface area contributed by atoms with E-state index in [0.29, 0.717) is 0 Å². The minimum atomic E-state index is 0.0239. The third-order valence-corrected chi connectivity index (χ3v) is 4.59. The Hall–Kier alpha value is -0.840. The molecule has 17 heavy (non-hydrogen) atoms. The van der Waals surface area contributed by atoms with Crippen LogP contribution in [0.25, 0.3) is 0 Å². The van der Waals surface area contributed by atoms with Gasteiger partial charge in [-0.3, -0.25) is 0 Å². The van der Waals surface area contributed by atoms with Crippen LogP contribution in [0.1, 0.15) is 16.5 Å². The van der Waals surface area contributed by atoms with E-state index in [0.717, 1.165) is 22.2 Å². The van der Waals surface area contributed by atoms with Crippen LogP contribution in [0.5, 0.6) is 5.75 Å². The minimum Gasteiger partial charge on any atom is -0.497 e. The number of ether oxygens (including phenoxy) is 1. The Balaban J connectivity index is 2.09. The van der Waals surface area contributed by atoms with Crippen LogP contribution < -0.4 is 10.5 Å². The smallest absolute Gasteiger partial charge is 0.118 e. The van der Waals surface area contributed by atoms with E-state index in [-0.39, 0.29) is 6.04 Å². The Morgan fingerprint density at radius 3 is 2.53 bits per heavy atom. The number of nitrogens with two attached hydrogens (primary N) is 1. The maximum absolute atomic E-state index is 6.19. The monoisotopic (exact) mass is 311 g/mol.